The molecule has 0 aliphatic carbocycles. The number of aromatic nitrogens is 1. The van der Waals surface area contributed by atoms with Crippen LogP contribution in [0.25, 0.3) is 16.6 Å². The molecule has 1 amide bonds. The average molecular weight is 404 g/mol. The lowest BCUT2D eigenvalue weighted by molar-refractivity contribution is -0.116. The minimum Gasteiger partial charge on any atom is -0.361 e. The monoisotopic (exact) mass is 403 g/mol. The number of nitrogens with zero attached hydrogens (tertiary/aromatic N) is 3. The van der Waals surface area contributed by atoms with E-state index in [1.54, 1.807) is 16.8 Å². The molecule has 0 bridgehead atoms. The van der Waals surface area contributed by atoms with Crippen molar-refractivity contribution in [2.45, 2.75) is 25.9 Å². The minimum atomic E-state index is -0.399. The van der Waals surface area contributed by atoms with E-state index in [1.165, 1.54) is 0 Å². The van der Waals surface area contributed by atoms with Crippen LogP contribution in [-0.2, 0) is 4.79 Å². The number of thioether (sulfide) groups is 1. The van der Waals surface area contributed by atoms with Crippen LogP contribution in [0.1, 0.15) is 31.5 Å². The van der Waals surface area contributed by atoms with Gasteiger partial charge < -0.3 is 4.98 Å². The summed E-state index contributed by atoms with van der Waals surface area (Å²) in [6.07, 6.45) is 3.76. The largest absolute Gasteiger partial charge is 0.361 e. The summed E-state index contributed by atoms with van der Waals surface area (Å²) in [6.45, 7) is 2.15. The summed E-state index contributed by atoms with van der Waals surface area (Å²) in [5.74, 6) is 0.788. The number of amides is 1. The van der Waals surface area contributed by atoms with Crippen molar-refractivity contribution in [2.24, 2.45) is 10.1 Å². The van der Waals surface area contributed by atoms with Crippen LogP contribution in [0.4, 0.5) is 0 Å². The lowest BCUT2D eigenvalue weighted by Crippen LogP contribution is -2.50. The van der Waals surface area contributed by atoms with E-state index < -0.39 is 6.17 Å². The number of H-pyrrole nitrogens is 1. The molecule has 3 heterocycles. The Labute approximate surface area is 172 Å². The smallest absolute Gasteiger partial charge is 0.276 e. The lowest BCUT2D eigenvalue weighted by atomic mass is 10.1. The van der Waals surface area contributed by atoms with Crippen LogP contribution >= 0.6 is 11.8 Å². The first kappa shape index (κ1) is 18.0. The zero-order valence-electron chi connectivity index (χ0n) is 16.1. The number of carbonyl (C=O) groups excluding carboxylic acids is 1. The number of para-hydroxylation sites is 2. The molecular weight excluding hydrogens is 382 g/mol. The highest BCUT2D eigenvalue weighted by Crippen LogP contribution is 2.34. The van der Waals surface area contributed by atoms with Crippen molar-refractivity contribution < 1.29 is 4.79 Å². The Morgan fingerprint density at radius 1 is 1.14 bits per heavy atom. The van der Waals surface area contributed by atoms with Gasteiger partial charge in [0.25, 0.3) is 5.91 Å². The van der Waals surface area contributed by atoms with Crippen molar-refractivity contribution in [1.82, 2.24) is 15.3 Å². The molecule has 0 saturated heterocycles. The summed E-state index contributed by atoms with van der Waals surface area (Å²) >= 11 is 1.58. The van der Waals surface area contributed by atoms with Crippen molar-refractivity contribution in [3.8, 4) is 0 Å². The summed E-state index contributed by atoms with van der Waals surface area (Å²) in [4.78, 5) is 21.4. The third kappa shape index (κ3) is 3.11. The third-order valence-corrected chi connectivity index (χ3v) is 6.10. The molecule has 1 aromatic heterocycles. The first-order chi connectivity index (χ1) is 14.3. The molecule has 5 rings (SSSR count). The summed E-state index contributed by atoms with van der Waals surface area (Å²) in [7, 11) is 0. The fourth-order valence-electron chi connectivity index (χ4n) is 3.72. The fourth-order valence-corrected chi connectivity index (χ4v) is 4.65. The molecule has 7 heteroatoms. The van der Waals surface area contributed by atoms with Gasteiger partial charge in [-0.2, -0.15) is 0 Å². The first-order valence-electron chi connectivity index (χ1n) is 9.81. The van der Waals surface area contributed by atoms with Gasteiger partial charge in [0, 0.05) is 33.6 Å². The second-order valence-corrected chi connectivity index (χ2v) is 8.15. The molecule has 146 valence electrons. The van der Waals surface area contributed by atoms with Crippen molar-refractivity contribution in [1.29, 1.82) is 0 Å². The molecule has 2 aliphatic heterocycles. The Balaban J connectivity index is 1.68. The fraction of sp³-hybridized carbons (Fsp3) is 0.227. The highest BCUT2D eigenvalue weighted by molar-refractivity contribution is 8.13. The molecule has 29 heavy (non-hydrogen) atoms. The standard InChI is InChI=1S/C22H21N5OS/c1-2-3-12-29-22-25-21(28)19-15-9-5-7-11-18(15)24-20(27(19)26-22)16-13-23-17-10-6-4-8-14(16)17/h4-11,13,20,23H,2-3,12H2,1H3,(H,25,26,28). The Bertz CT molecular complexity index is 1250. The van der Waals surface area contributed by atoms with E-state index in [9.17, 15) is 4.79 Å². The van der Waals surface area contributed by atoms with Gasteiger partial charge in [0.1, 0.15) is 5.70 Å². The predicted octanol–water partition coefficient (Wildman–Crippen LogP) is 2.84. The molecule has 2 aliphatic rings. The number of hydrazone groups is 1. The molecular formula is C22H21N5OS. The van der Waals surface area contributed by atoms with Crippen LogP contribution in [-0.4, -0.2) is 26.8 Å². The summed E-state index contributed by atoms with van der Waals surface area (Å²) in [6, 6.07) is 15.9. The van der Waals surface area contributed by atoms with Gasteiger partial charge in [-0.25, -0.2) is 5.01 Å². The number of nitrogens with one attached hydrogen (secondary N) is 2. The molecule has 2 N–H and O–H groups in total. The SMILES string of the molecule is CCCCSC1=NN2C(=c3ccccc3=NC2c2c[nH]c3ccccc23)C(=O)N1. The molecule has 0 fully saturated rings. The quantitative estimate of drug-likeness (QED) is 0.658. The van der Waals surface area contributed by atoms with Crippen molar-refractivity contribution in [2.75, 3.05) is 5.75 Å². The van der Waals surface area contributed by atoms with Gasteiger partial charge in [-0.1, -0.05) is 61.5 Å². The Kier molecular flexibility index (Phi) is 4.60. The Morgan fingerprint density at radius 3 is 2.86 bits per heavy atom. The van der Waals surface area contributed by atoms with Crippen molar-refractivity contribution >= 4 is 39.4 Å². The van der Waals surface area contributed by atoms with E-state index in [2.05, 4.69) is 23.3 Å². The van der Waals surface area contributed by atoms with E-state index in [-0.39, 0.29) is 5.91 Å². The molecule has 1 atom stereocenters. The maximum absolute atomic E-state index is 13.1. The zero-order chi connectivity index (χ0) is 19.8. The number of hydrogen-bond donors (Lipinski definition) is 2. The normalized spacial score (nSPS) is 18.0. The topological polar surface area (TPSA) is 72.8 Å². The van der Waals surface area contributed by atoms with Crippen molar-refractivity contribution in [3.63, 3.8) is 0 Å². The predicted molar refractivity (Wildman–Crippen MR) is 116 cm³/mol. The van der Waals surface area contributed by atoms with E-state index in [1.807, 2.05) is 48.7 Å². The van der Waals surface area contributed by atoms with Crippen LogP contribution in [0.3, 0.4) is 0 Å². The number of aromatic amines is 1. The summed E-state index contributed by atoms with van der Waals surface area (Å²) < 4.78 is 0. The molecule has 3 aromatic rings. The van der Waals surface area contributed by atoms with Gasteiger partial charge >= 0.3 is 0 Å². The molecule has 0 saturated carbocycles. The number of amidine groups is 1. The zero-order valence-corrected chi connectivity index (χ0v) is 16.9. The minimum absolute atomic E-state index is 0.133. The number of carbonyl (C=O) groups is 1. The highest BCUT2D eigenvalue weighted by Gasteiger charge is 2.35. The van der Waals surface area contributed by atoms with E-state index >= 15 is 0 Å². The summed E-state index contributed by atoms with van der Waals surface area (Å²) in [5.41, 5.74) is 2.59. The summed E-state index contributed by atoms with van der Waals surface area (Å²) in [5, 5.41) is 12.9. The van der Waals surface area contributed by atoms with Crippen LogP contribution in [0.5, 0.6) is 0 Å². The highest BCUT2D eigenvalue weighted by atomic mass is 32.2. The van der Waals surface area contributed by atoms with Gasteiger partial charge in [0.15, 0.2) is 11.3 Å². The number of fused-ring (bicyclic) bond motifs is 3. The third-order valence-electron chi connectivity index (χ3n) is 5.15. The number of unbranched alkanes of at least 4 members (excludes halogenated alkanes) is 1. The molecule has 1 unspecified atom stereocenters. The first-order valence-corrected chi connectivity index (χ1v) is 10.8. The number of rotatable bonds is 4. The van der Waals surface area contributed by atoms with Crippen LogP contribution < -0.4 is 15.9 Å². The van der Waals surface area contributed by atoms with Crippen LogP contribution in [0.2, 0.25) is 0 Å². The van der Waals surface area contributed by atoms with Gasteiger partial charge in [-0.15, -0.1) is 5.10 Å². The number of benzene rings is 2. The second kappa shape index (κ2) is 7.40. The molecule has 0 spiro atoms. The number of hydrogen-bond acceptors (Lipinski definition) is 5. The maximum atomic E-state index is 13.1. The van der Waals surface area contributed by atoms with Crippen LogP contribution in [0.15, 0.2) is 64.8 Å². The van der Waals surface area contributed by atoms with Gasteiger partial charge in [-0.05, 0) is 18.6 Å². The second-order valence-electron chi connectivity index (χ2n) is 7.06. The molecule has 0 radical (unpaired) electrons. The lowest BCUT2D eigenvalue weighted by Gasteiger charge is -2.33. The van der Waals surface area contributed by atoms with E-state index in [4.69, 9.17) is 10.1 Å². The maximum Gasteiger partial charge on any atom is 0.276 e. The molecule has 2 aromatic carbocycles. The van der Waals surface area contributed by atoms with Gasteiger partial charge in [0.05, 0.1) is 5.36 Å². The van der Waals surface area contributed by atoms with Crippen molar-refractivity contribution in [3.05, 3.63) is 70.9 Å². The Morgan fingerprint density at radius 2 is 1.97 bits per heavy atom. The van der Waals surface area contributed by atoms with Crippen LogP contribution in [0, 0.1) is 0 Å². The van der Waals surface area contributed by atoms with E-state index in [0.29, 0.717) is 10.9 Å². The molecule has 6 nitrogen and oxygen atoms in total. The van der Waals surface area contributed by atoms with E-state index in [0.717, 1.165) is 45.6 Å². The average Bonchev–Trinajstić information content (AvgIpc) is 3.17. The van der Waals surface area contributed by atoms with Gasteiger partial charge in [0.2, 0.25) is 0 Å². The Hall–Kier alpha value is -3.06. The van der Waals surface area contributed by atoms with Gasteiger partial charge in [-0.3, -0.25) is 15.1 Å².